The van der Waals surface area contributed by atoms with Crippen LogP contribution in [0.2, 0.25) is 0 Å². The van der Waals surface area contributed by atoms with Gasteiger partial charge in [0.1, 0.15) is 11.7 Å². The fourth-order valence-electron chi connectivity index (χ4n) is 3.10. The number of amides is 1. The van der Waals surface area contributed by atoms with Gasteiger partial charge in [-0.15, -0.1) is 0 Å². The quantitative estimate of drug-likeness (QED) is 0.665. The van der Waals surface area contributed by atoms with E-state index in [0.29, 0.717) is 35.9 Å². The van der Waals surface area contributed by atoms with Crippen molar-refractivity contribution in [3.8, 4) is 0 Å². The minimum absolute atomic E-state index is 0.135. The number of carbonyl (C=O) groups excluding carboxylic acids is 1. The number of benzene rings is 1. The summed E-state index contributed by atoms with van der Waals surface area (Å²) in [5, 5.41) is 8.41. The fraction of sp³-hybridized carbons (Fsp3) is 0.263. The number of aryl methyl sites for hydroxylation is 1. The monoisotopic (exact) mass is 368 g/mol. The highest BCUT2D eigenvalue weighted by atomic mass is 19.1. The molecule has 1 saturated heterocycles. The summed E-state index contributed by atoms with van der Waals surface area (Å²) in [4.78, 5) is 24.8. The molecule has 0 spiro atoms. The smallest absolute Gasteiger partial charge is 0.254 e. The first-order valence-corrected chi connectivity index (χ1v) is 8.47. The molecule has 1 aromatic heterocycles. The summed E-state index contributed by atoms with van der Waals surface area (Å²) in [7, 11) is 3.52. The van der Waals surface area contributed by atoms with Crippen LogP contribution >= 0.6 is 0 Å². The molecule has 3 rings (SSSR count). The van der Waals surface area contributed by atoms with Crippen LogP contribution in [-0.2, 0) is 7.05 Å². The number of halogens is 1. The lowest BCUT2D eigenvalue weighted by atomic mass is 10.1. The Morgan fingerprint density at radius 3 is 2.78 bits per heavy atom. The van der Waals surface area contributed by atoms with E-state index in [1.165, 1.54) is 24.3 Å². The molecule has 0 saturated carbocycles. The molecule has 0 radical (unpaired) electrons. The van der Waals surface area contributed by atoms with Crippen LogP contribution < -0.4 is 0 Å². The van der Waals surface area contributed by atoms with Gasteiger partial charge in [0.15, 0.2) is 11.7 Å². The van der Waals surface area contributed by atoms with Crippen molar-refractivity contribution in [2.45, 2.75) is 0 Å². The van der Waals surface area contributed by atoms with Crippen LogP contribution in [0.5, 0.6) is 0 Å². The number of nitrogens with zero attached hydrogens (tertiary/aromatic N) is 5. The van der Waals surface area contributed by atoms with Gasteiger partial charge in [0.05, 0.1) is 6.54 Å². The normalized spacial score (nSPS) is 15.2. The van der Waals surface area contributed by atoms with Gasteiger partial charge in [-0.05, 0) is 23.8 Å². The van der Waals surface area contributed by atoms with Crippen molar-refractivity contribution < 1.29 is 9.18 Å². The standard InChI is InChI=1S/C19H21FN6O/c1-4-13-11-14(20)5-6-15(13)19(27)25-9-10-26(16(21)12-25)17(22-2)18-23-7-8-24(18)3/h4-8,11,21H,1,9-10,12H2,2-3H3/b21-16?,22-17-. The second-order valence-corrected chi connectivity index (χ2v) is 6.17. The molecule has 140 valence electrons. The Kier molecular flexibility index (Phi) is 5.16. The van der Waals surface area contributed by atoms with E-state index in [0.717, 1.165) is 0 Å². The zero-order valence-corrected chi connectivity index (χ0v) is 15.3. The summed E-state index contributed by atoms with van der Waals surface area (Å²) in [6, 6.07) is 3.99. The molecule has 8 heteroatoms. The van der Waals surface area contributed by atoms with Crippen molar-refractivity contribution in [3.63, 3.8) is 0 Å². The van der Waals surface area contributed by atoms with Gasteiger partial charge in [-0.3, -0.25) is 15.2 Å². The lowest BCUT2D eigenvalue weighted by molar-refractivity contribution is 0.0757. The highest BCUT2D eigenvalue weighted by molar-refractivity contribution is 6.09. The summed E-state index contributed by atoms with van der Waals surface area (Å²) >= 11 is 0. The maximum atomic E-state index is 13.4. The largest absolute Gasteiger partial charge is 0.331 e. The van der Waals surface area contributed by atoms with Gasteiger partial charge in [0.2, 0.25) is 0 Å². The molecular formula is C19H21FN6O. The number of amidine groups is 2. The molecule has 7 nitrogen and oxygen atoms in total. The molecule has 0 bridgehead atoms. The Morgan fingerprint density at radius 1 is 1.41 bits per heavy atom. The second kappa shape index (κ2) is 7.53. The van der Waals surface area contributed by atoms with E-state index < -0.39 is 5.82 Å². The van der Waals surface area contributed by atoms with E-state index in [2.05, 4.69) is 16.6 Å². The number of carbonyl (C=O) groups is 1. The predicted octanol–water partition coefficient (Wildman–Crippen LogP) is 2.01. The Balaban J connectivity index is 1.79. The molecule has 0 aliphatic carbocycles. The molecule has 27 heavy (non-hydrogen) atoms. The van der Waals surface area contributed by atoms with Gasteiger partial charge in [0.25, 0.3) is 5.91 Å². The highest BCUT2D eigenvalue weighted by Crippen LogP contribution is 2.18. The number of nitrogens with one attached hydrogen (secondary N) is 1. The van der Waals surface area contributed by atoms with Gasteiger partial charge >= 0.3 is 0 Å². The highest BCUT2D eigenvalue weighted by Gasteiger charge is 2.30. The number of hydrogen-bond acceptors (Lipinski definition) is 4. The van der Waals surface area contributed by atoms with Gasteiger partial charge in [-0.1, -0.05) is 12.7 Å². The first-order chi connectivity index (χ1) is 13.0. The Labute approximate surface area is 157 Å². The third kappa shape index (κ3) is 3.51. The van der Waals surface area contributed by atoms with Crippen LogP contribution in [0.25, 0.3) is 6.08 Å². The Morgan fingerprint density at radius 2 is 2.19 bits per heavy atom. The summed E-state index contributed by atoms with van der Waals surface area (Å²) < 4.78 is 15.2. The molecule has 1 amide bonds. The number of hydrogen-bond donors (Lipinski definition) is 1. The molecule has 1 aromatic carbocycles. The molecule has 1 N–H and O–H groups in total. The zero-order chi connectivity index (χ0) is 19.6. The first kappa shape index (κ1) is 18.5. The summed E-state index contributed by atoms with van der Waals surface area (Å²) in [6.07, 6.45) is 4.95. The lowest BCUT2D eigenvalue weighted by Crippen LogP contribution is -2.54. The van der Waals surface area contributed by atoms with Crippen LogP contribution in [-0.4, -0.2) is 63.6 Å². The summed E-state index contributed by atoms with van der Waals surface area (Å²) in [5.41, 5.74) is 0.818. The molecular weight excluding hydrogens is 347 g/mol. The molecule has 0 atom stereocenters. The first-order valence-electron chi connectivity index (χ1n) is 8.47. The van der Waals surface area contributed by atoms with Crippen molar-refractivity contribution in [1.29, 1.82) is 5.41 Å². The Bertz CT molecular complexity index is 932. The van der Waals surface area contributed by atoms with Crippen molar-refractivity contribution in [3.05, 3.63) is 59.9 Å². The number of aromatic nitrogens is 2. The van der Waals surface area contributed by atoms with Crippen molar-refractivity contribution in [2.75, 3.05) is 26.7 Å². The second-order valence-electron chi connectivity index (χ2n) is 6.17. The fourth-order valence-corrected chi connectivity index (χ4v) is 3.10. The molecule has 1 aliphatic heterocycles. The summed E-state index contributed by atoms with van der Waals surface area (Å²) in [5.74, 6) is 0.835. The minimum Gasteiger partial charge on any atom is -0.331 e. The molecule has 1 fully saturated rings. The Hall–Kier alpha value is -3.29. The van der Waals surface area contributed by atoms with Gasteiger partial charge in [-0.25, -0.2) is 9.37 Å². The average molecular weight is 368 g/mol. The van der Waals surface area contributed by atoms with Crippen LogP contribution in [0.15, 0.2) is 42.2 Å². The van der Waals surface area contributed by atoms with E-state index in [9.17, 15) is 9.18 Å². The average Bonchev–Trinajstić information content (AvgIpc) is 3.08. The van der Waals surface area contributed by atoms with Gasteiger partial charge in [0, 0.05) is 45.1 Å². The lowest BCUT2D eigenvalue weighted by Gasteiger charge is -2.36. The summed E-state index contributed by atoms with van der Waals surface area (Å²) in [6.45, 7) is 4.62. The maximum Gasteiger partial charge on any atom is 0.254 e. The van der Waals surface area contributed by atoms with E-state index in [1.54, 1.807) is 23.0 Å². The van der Waals surface area contributed by atoms with Crippen molar-refractivity contribution in [1.82, 2.24) is 19.4 Å². The predicted molar refractivity (Wildman–Crippen MR) is 102 cm³/mol. The van der Waals surface area contributed by atoms with E-state index in [-0.39, 0.29) is 18.3 Å². The number of imidazole rings is 1. The van der Waals surface area contributed by atoms with Crippen LogP contribution in [0.4, 0.5) is 4.39 Å². The molecule has 0 unspecified atom stereocenters. The molecule has 2 heterocycles. The van der Waals surface area contributed by atoms with E-state index >= 15 is 0 Å². The number of piperazine rings is 1. The SMILES string of the molecule is C=Cc1cc(F)ccc1C(=O)N1CCN(/C(=N\C)c2nccn2C)C(=N)C1. The van der Waals surface area contributed by atoms with Gasteiger partial charge in [-0.2, -0.15) is 0 Å². The van der Waals surface area contributed by atoms with Crippen LogP contribution in [0, 0.1) is 11.2 Å². The number of rotatable bonds is 3. The maximum absolute atomic E-state index is 13.4. The third-order valence-corrected chi connectivity index (χ3v) is 4.50. The zero-order valence-electron chi connectivity index (χ0n) is 15.3. The molecule has 1 aliphatic rings. The minimum atomic E-state index is -0.419. The van der Waals surface area contributed by atoms with Gasteiger partial charge < -0.3 is 14.4 Å². The van der Waals surface area contributed by atoms with E-state index in [1.807, 2.05) is 17.8 Å². The van der Waals surface area contributed by atoms with Crippen molar-refractivity contribution in [2.24, 2.45) is 12.0 Å². The van der Waals surface area contributed by atoms with Crippen LogP contribution in [0.3, 0.4) is 0 Å². The van der Waals surface area contributed by atoms with Crippen molar-refractivity contribution >= 4 is 23.7 Å². The topological polar surface area (TPSA) is 77.6 Å². The third-order valence-electron chi connectivity index (χ3n) is 4.50. The van der Waals surface area contributed by atoms with E-state index in [4.69, 9.17) is 5.41 Å². The van der Waals surface area contributed by atoms with Crippen LogP contribution in [0.1, 0.15) is 21.7 Å². The molecule has 2 aromatic rings. The number of aliphatic imine (C=N–C) groups is 1.